The van der Waals surface area contributed by atoms with E-state index in [1.807, 2.05) is 0 Å². The lowest BCUT2D eigenvalue weighted by atomic mass is 9.96. The van der Waals surface area contributed by atoms with Gasteiger partial charge in [0.25, 0.3) is 5.91 Å². The Morgan fingerprint density at radius 2 is 0.935 bits per heavy atom. The summed E-state index contributed by atoms with van der Waals surface area (Å²) < 4.78 is 55.3. The maximum absolute atomic E-state index is 13.9. The summed E-state index contributed by atoms with van der Waals surface area (Å²) in [5.74, 6) is -2.03. The lowest BCUT2D eigenvalue weighted by Gasteiger charge is -2.43. The van der Waals surface area contributed by atoms with Crippen LogP contribution in [0.1, 0.15) is 245 Å². The number of amides is 1. The number of aliphatic hydroxyl groups is 2. The molecule has 14 heteroatoms. The minimum absolute atomic E-state index is 0.0223. The summed E-state index contributed by atoms with van der Waals surface area (Å²) in [6, 6.07) is -1.58. The van der Waals surface area contributed by atoms with E-state index >= 15 is 0 Å². The molecule has 62 heavy (non-hydrogen) atoms. The maximum Gasteiger partial charge on any atom is 0.397 e. The monoisotopic (exact) mass is 906 g/mol. The third kappa shape index (κ3) is 30.3. The highest BCUT2D eigenvalue weighted by Gasteiger charge is 2.51. The van der Waals surface area contributed by atoms with Crippen LogP contribution < -0.4 is 5.32 Å². The van der Waals surface area contributed by atoms with Crippen molar-refractivity contribution in [3.8, 4) is 0 Å². The van der Waals surface area contributed by atoms with E-state index in [1.165, 1.54) is 116 Å². The highest BCUT2D eigenvalue weighted by Crippen LogP contribution is 2.28. The number of carbonyl (C=O) groups is 3. The summed E-state index contributed by atoms with van der Waals surface area (Å²) in [6.45, 7) is 5.76. The Hall–Kier alpha value is -1.84. The average molecular weight is 906 g/mol. The molecule has 0 aromatic rings. The fourth-order valence-electron chi connectivity index (χ4n) is 8.23. The van der Waals surface area contributed by atoms with Crippen LogP contribution >= 0.6 is 0 Å². The summed E-state index contributed by atoms with van der Waals surface area (Å²) in [5, 5.41) is 23.7. The van der Waals surface area contributed by atoms with Gasteiger partial charge in [-0.3, -0.25) is 18.9 Å². The molecule has 0 spiro atoms. The molecule has 0 radical (unpaired) electrons. The van der Waals surface area contributed by atoms with Crippen molar-refractivity contribution < 1.29 is 56.0 Å². The van der Waals surface area contributed by atoms with Crippen LogP contribution in [-0.4, -0.2) is 84.4 Å². The zero-order valence-corrected chi connectivity index (χ0v) is 40.2. The Labute approximate surface area is 377 Å². The SMILES string of the molecule is CCCCCCCCCCCCCC(=O)OC(CCCCCCCCCCCC)C(=O)N[C@H]1C(O)O[C@H](CO)[C@@H](OS(=O)(=O)O)[C@@H]1OC(=O)CCCCCCCCCCCCC. The minimum atomic E-state index is -5.17. The molecular formula is C48H91NO12S. The van der Waals surface area contributed by atoms with Crippen LogP contribution in [0.2, 0.25) is 0 Å². The van der Waals surface area contributed by atoms with E-state index in [1.54, 1.807) is 0 Å². The van der Waals surface area contributed by atoms with E-state index < -0.39 is 71.6 Å². The van der Waals surface area contributed by atoms with E-state index in [2.05, 4.69) is 26.1 Å². The van der Waals surface area contributed by atoms with Crippen molar-refractivity contribution in [1.82, 2.24) is 5.32 Å². The number of aliphatic hydroxyl groups excluding tert-OH is 2. The first-order valence-electron chi connectivity index (χ1n) is 25.3. The minimum Gasteiger partial charge on any atom is -0.457 e. The van der Waals surface area contributed by atoms with Gasteiger partial charge in [-0.2, -0.15) is 8.42 Å². The molecular weight excluding hydrogens is 815 g/mol. The van der Waals surface area contributed by atoms with Crippen LogP contribution in [-0.2, 0) is 43.2 Å². The first-order valence-corrected chi connectivity index (χ1v) is 26.6. The van der Waals surface area contributed by atoms with E-state index in [0.29, 0.717) is 19.3 Å². The second kappa shape index (κ2) is 38.4. The van der Waals surface area contributed by atoms with E-state index in [4.69, 9.17) is 18.4 Å². The van der Waals surface area contributed by atoms with Crippen LogP contribution in [0.5, 0.6) is 0 Å². The zero-order valence-electron chi connectivity index (χ0n) is 39.3. The first-order chi connectivity index (χ1) is 30.0. The molecule has 1 aliphatic heterocycles. The molecule has 4 N–H and O–H groups in total. The van der Waals surface area contributed by atoms with Gasteiger partial charge >= 0.3 is 22.3 Å². The first kappa shape index (κ1) is 58.2. The quantitative estimate of drug-likeness (QED) is 0.0257. The second-order valence-corrected chi connectivity index (χ2v) is 18.8. The molecule has 6 atom stereocenters. The predicted molar refractivity (Wildman–Crippen MR) is 245 cm³/mol. The van der Waals surface area contributed by atoms with Crippen molar-refractivity contribution in [2.24, 2.45) is 0 Å². The van der Waals surface area contributed by atoms with Crippen molar-refractivity contribution in [2.75, 3.05) is 6.61 Å². The number of nitrogens with one attached hydrogen (secondary N) is 1. The number of esters is 2. The summed E-state index contributed by atoms with van der Waals surface area (Å²) in [5.41, 5.74) is 0. The molecule has 2 unspecified atom stereocenters. The molecule has 1 amide bonds. The van der Waals surface area contributed by atoms with Gasteiger partial charge in [-0.1, -0.05) is 207 Å². The Morgan fingerprint density at radius 1 is 0.565 bits per heavy atom. The van der Waals surface area contributed by atoms with Crippen molar-refractivity contribution in [1.29, 1.82) is 0 Å². The predicted octanol–water partition coefficient (Wildman–Crippen LogP) is 10.9. The fourth-order valence-corrected chi connectivity index (χ4v) is 8.74. The average Bonchev–Trinajstić information content (AvgIpc) is 3.23. The Balaban J connectivity index is 2.93. The number of unbranched alkanes of at least 4 members (excludes halogenated alkanes) is 29. The summed E-state index contributed by atoms with van der Waals surface area (Å²) in [4.78, 5) is 40.3. The fraction of sp³-hybridized carbons (Fsp3) is 0.938. The van der Waals surface area contributed by atoms with Gasteiger partial charge in [0.15, 0.2) is 18.5 Å². The maximum atomic E-state index is 13.9. The Bertz CT molecular complexity index is 1220. The summed E-state index contributed by atoms with van der Waals surface area (Å²) >= 11 is 0. The molecule has 0 saturated carbocycles. The van der Waals surface area contributed by atoms with Gasteiger partial charge in [0.1, 0.15) is 18.2 Å². The van der Waals surface area contributed by atoms with Crippen LogP contribution in [0.15, 0.2) is 0 Å². The highest BCUT2D eigenvalue weighted by molar-refractivity contribution is 7.80. The lowest BCUT2D eigenvalue weighted by molar-refractivity contribution is -0.254. The number of hydrogen-bond acceptors (Lipinski definition) is 11. The highest BCUT2D eigenvalue weighted by atomic mass is 32.3. The molecule has 0 aromatic heterocycles. The molecule has 0 bridgehead atoms. The van der Waals surface area contributed by atoms with Gasteiger partial charge in [0.05, 0.1) is 6.61 Å². The van der Waals surface area contributed by atoms with Gasteiger partial charge in [-0.15, -0.1) is 0 Å². The third-order valence-corrected chi connectivity index (χ3v) is 12.5. The number of rotatable bonds is 42. The number of ether oxygens (including phenoxy) is 3. The molecule has 1 aliphatic rings. The van der Waals surface area contributed by atoms with Gasteiger partial charge in [-0.25, -0.2) is 4.18 Å². The second-order valence-electron chi connectivity index (χ2n) is 17.7. The van der Waals surface area contributed by atoms with Crippen LogP contribution in [0.25, 0.3) is 0 Å². The van der Waals surface area contributed by atoms with Gasteiger partial charge < -0.3 is 29.7 Å². The van der Waals surface area contributed by atoms with E-state index in [-0.39, 0.29) is 19.3 Å². The zero-order chi connectivity index (χ0) is 45.7. The van der Waals surface area contributed by atoms with Crippen LogP contribution in [0.3, 0.4) is 0 Å². The van der Waals surface area contributed by atoms with E-state index in [9.17, 15) is 37.6 Å². The normalized spacial score (nSPS) is 19.6. The van der Waals surface area contributed by atoms with Crippen LogP contribution in [0.4, 0.5) is 0 Å². The molecule has 0 aromatic carbocycles. The molecule has 13 nitrogen and oxygen atoms in total. The van der Waals surface area contributed by atoms with Crippen molar-refractivity contribution in [2.45, 2.75) is 282 Å². The van der Waals surface area contributed by atoms with E-state index in [0.717, 1.165) is 70.6 Å². The molecule has 1 fully saturated rings. The molecule has 0 aliphatic carbocycles. The summed E-state index contributed by atoms with van der Waals surface area (Å²) in [7, 11) is -5.17. The standard InChI is InChI=1S/C48H91NO12S/c1-4-7-10-13-16-19-22-25-28-31-34-37-42(51)58-40(36-33-30-27-24-21-18-15-12-9-6-3)47(53)49-44-46(45(61-62(55,56)57)41(39-50)59-48(44)54)60-43(52)38-35-32-29-26-23-20-17-14-11-8-5-2/h40-41,44-46,48,50,54H,4-39H2,1-3H3,(H,49,53)(H,55,56,57)/t40?,41-,44-,45-,46-,48?/m1/s1. The third-order valence-electron chi connectivity index (χ3n) is 12.0. The topological polar surface area (TPSA) is 195 Å². The van der Waals surface area contributed by atoms with Crippen molar-refractivity contribution >= 4 is 28.2 Å². The van der Waals surface area contributed by atoms with Gasteiger partial charge in [0.2, 0.25) is 0 Å². The van der Waals surface area contributed by atoms with Crippen molar-refractivity contribution in [3.05, 3.63) is 0 Å². The van der Waals surface area contributed by atoms with Gasteiger partial charge in [0, 0.05) is 12.8 Å². The van der Waals surface area contributed by atoms with Crippen LogP contribution in [0, 0.1) is 0 Å². The van der Waals surface area contributed by atoms with Crippen molar-refractivity contribution in [3.63, 3.8) is 0 Å². The Morgan fingerprint density at radius 3 is 1.32 bits per heavy atom. The number of carbonyl (C=O) groups excluding carboxylic acids is 3. The van der Waals surface area contributed by atoms with Gasteiger partial charge in [-0.05, 0) is 25.7 Å². The largest absolute Gasteiger partial charge is 0.457 e. The molecule has 366 valence electrons. The smallest absolute Gasteiger partial charge is 0.397 e. The Kier molecular flexibility index (Phi) is 36.1. The molecule has 1 saturated heterocycles. The molecule has 1 rings (SSSR count). The molecule has 1 heterocycles. The summed E-state index contributed by atoms with van der Waals surface area (Å²) in [6.07, 6.45) is 27.2. The number of hydrogen-bond donors (Lipinski definition) is 4. The lowest BCUT2D eigenvalue weighted by Crippen LogP contribution is -2.67.